The van der Waals surface area contributed by atoms with Gasteiger partial charge in [-0.2, -0.15) is 0 Å². The molecule has 19 heavy (non-hydrogen) atoms. The number of amides is 1. The van der Waals surface area contributed by atoms with Crippen LogP contribution in [0, 0.1) is 10.1 Å². The van der Waals surface area contributed by atoms with E-state index in [1.54, 1.807) is 0 Å². The Kier molecular flexibility index (Phi) is 6.24. The van der Waals surface area contributed by atoms with Crippen molar-refractivity contribution in [3.63, 3.8) is 0 Å². The van der Waals surface area contributed by atoms with E-state index in [1.807, 2.05) is 0 Å². The second-order valence-corrected chi connectivity index (χ2v) is 4.40. The number of aliphatic hydroxyl groups excluding tert-OH is 1. The molecule has 0 radical (unpaired) electrons. The fraction of sp³-hybridized carbons (Fsp3) is 0.417. The van der Waals surface area contributed by atoms with E-state index in [2.05, 4.69) is 5.32 Å². The molecule has 104 valence electrons. The maximum Gasteiger partial charge on any atom is 0.282 e. The highest BCUT2D eigenvalue weighted by molar-refractivity contribution is 6.31. The highest BCUT2D eigenvalue weighted by Gasteiger charge is 2.19. The Balaban J connectivity index is 2.65. The Hall–Kier alpha value is -1.66. The zero-order valence-electron chi connectivity index (χ0n) is 10.3. The summed E-state index contributed by atoms with van der Waals surface area (Å²) in [5.41, 5.74) is -0.308. The Bertz CT molecular complexity index is 465. The van der Waals surface area contributed by atoms with Gasteiger partial charge in [0.2, 0.25) is 0 Å². The third-order valence-corrected chi connectivity index (χ3v) is 2.76. The monoisotopic (exact) mass is 286 g/mol. The lowest BCUT2D eigenvalue weighted by molar-refractivity contribution is -0.385. The number of aliphatic hydroxyl groups is 1. The third-order valence-electron chi connectivity index (χ3n) is 2.52. The molecule has 0 aliphatic carbocycles. The fourth-order valence-electron chi connectivity index (χ4n) is 1.56. The predicted molar refractivity (Wildman–Crippen MR) is 71.4 cm³/mol. The van der Waals surface area contributed by atoms with Crippen LogP contribution in [0.15, 0.2) is 18.2 Å². The van der Waals surface area contributed by atoms with Crippen LogP contribution in [0.1, 0.15) is 29.6 Å². The van der Waals surface area contributed by atoms with Gasteiger partial charge in [0.05, 0.1) is 4.92 Å². The lowest BCUT2D eigenvalue weighted by Crippen LogP contribution is -2.25. The van der Waals surface area contributed by atoms with E-state index in [1.165, 1.54) is 18.2 Å². The zero-order chi connectivity index (χ0) is 14.3. The minimum Gasteiger partial charge on any atom is -0.396 e. The van der Waals surface area contributed by atoms with Gasteiger partial charge in [0.1, 0.15) is 5.56 Å². The molecule has 0 aliphatic heterocycles. The number of benzene rings is 1. The van der Waals surface area contributed by atoms with Crippen LogP contribution in [0.3, 0.4) is 0 Å². The lowest BCUT2D eigenvalue weighted by Gasteiger charge is -2.06. The molecule has 0 aliphatic rings. The van der Waals surface area contributed by atoms with Gasteiger partial charge in [-0.3, -0.25) is 14.9 Å². The molecule has 7 heteroatoms. The number of carbonyl (C=O) groups is 1. The summed E-state index contributed by atoms with van der Waals surface area (Å²) in [7, 11) is 0. The molecule has 0 saturated carbocycles. The highest BCUT2D eigenvalue weighted by Crippen LogP contribution is 2.22. The Morgan fingerprint density at radius 3 is 2.74 bits per heavy atom. The van der Waals surface area contributed by atoms with E-state index in [0.717, 1.165) is 6.42 Å². The summed E-state index contributed by atoms with van der Waals surface area (Å²) in [6.07, 6.45) is 2.17. The average molecular weight is 287 g/mol. The van der Waals surface area contributed by atoms with Gasteiger partial charge in [0, 0.05) is 24.2 Å². The molecule has 0 spiro atoms. The van der Waals surface area contributed by atoms with Gasteiger partial charge in [-0.15, -0.1) is 0 Å². The standard InChI is InChI=1S/C12H15ClN2O4/c13-9-4-5-11(15(18)19)10(8-9)12(17)14-6-2-1-3-7-16/h4-5,8,16H,1-3,6-7H2,(H,14,17). The Labute approximate surface area is 115 Å². The van der Waals surface area contributed by atoms with Crippen LogP contribution >= 0.6 is 11.6 Å². The molecule has 6 nitrogen and oxygen atoms in total. The van der Waals surface area contributed by atoms with E-state index in [0.29, 0.717) is 19.4 Å². The minimum absolute atomic E-state index is 0.0420. The number of nitro groups is 1. The first kappa shape index (κ1) is 15.4. The number of carbonyl (C=O) groups excluding carboxylic acids is 1. The van der Waals surface area contributed by atoms with Crippen LogP contribution in [0.2, 0.25) is 5.02 Å². The van der Waals surface area contributed by atoms with Gasteiger partial charge in [0.15, 0.2) is 0 Å². The minimum atomic E-state index is -0.614. The summed E-state index contributed by atoms with van der Waals surface area (Å²) < 4.78 is 0. The number of hydrogen-bond donors (Lipinski definition) is 2. The second-order valence-electron chi connectivity index (χ2n) is 3.96. The largest absolute Gasteiger partial charge is 0.396 e. The fourth-order valence-corrected chi connectivity index (χ4v) is 1.73. The lowest BCUT2D eigenvalue weighted by atomic mass is 10.1. The molecule has 0 fully saturated rings. The molecule has 0 saturated heterocycles. The van der Waals surface area contributed by atoms with Crippen LogP contribution in [-0.2, 0) is 0 Å². The van der Waals surface area contributed by atoms with E-state index >= 15 is 0 Å². The number of halogens is 1. The number of rotatable bonds is 7. The molecule has 1 amide bonds. The van der Waals surface area contributed by atoms with Crippen LogP contribution in [0.5, 0.6) is 0 Å². The molecule has 1 aromatic carbocycles. The average Bonchev–Trinajstić information content (AvgIpc) is 2.37. The second kappa shape index (κ2) is 7.70. The van der Waals surface area contributed by atoms with E-state index in [9.17, 15) is 14.9 Å². The number of nitrogens with one attached hydrogen (secondary N) is 1. The summed E-state index contributed by atoms with van der Waals surface area (Å²) in [4.78, 5) is 22.0. The molecule has 0 aromatic heterocycles. The normalized spacial score (nSPS) is 10.2. The summed E-state index contributed by atoms with van der Waals surface area (Å²) in [6.45, 7) is 0.524. The molecular formula is C12H15ClN2O4. The molecule has 0 atom stereocenters. The topological polar surface area (TPSA) is 92.5 Å². The Morgan fingerprint density at radius 1 is 1.37 bits per heavy atom. The third kappa shape index (κ3) is 4.84. The van der Waals surface area contributed by atoms with Crippen molar-refractivity contribution in [2.24, 2.45) is 0 Å². The molecule has 0 bridgehead atoms. The summed E-state index contributed by atoms with van der Waals surface area (Å²) >= 11 is 5.74. The first-order valence-corrected chi connectivity index (χ1v) is 6.27. The Morgan fingerprint density at radius 2 is 2.11 bits per heavy atom. The predicted octanol–water partition coefficient (Wildman–Crippen LogP) is 2.14. The molecule has 2 N–H and O–H groups in total. The van der Waals surface area contributed by atoms with Crippen molar-refractivity contribution in [1.82, 2.24) is 5.32 Å². The first-order chi connectivity index (χ1) is 9.06. The highest BCUT2D eigenvalue weighted by atomic mass is 35.5. The maximum atomic E-state index is 11.8. The molecule has 0 unspecified atom stereocenters. The van der Waals surface area contributed by atoms with Gasteiger partial charge in [-0.25, -0.2) is 0 Å². The van der Waals surface area contributed by atoms with Crippen LogP contribution in [-0.4, -0.2) is 29.1 Å². The van der Waals surface area contributed by atoms with Crippen molar-refractivity contribution in [2.45, 2.75) is 19.3 Å². The van der Waals surface area contributed by atoms with Crippen molar-refractivity contribution in [3.05, 3.63) is 38.9 Å². The molecular weight excluding hydrogens is 272 g/mol. The van der Waals surface area contributed by atoms with Crippen molar-refractivity contribution in [3.8, 4) is 0 Å². The first-order valence-electron chi connectivity index (χ1n) is 5.89. The molecule has 0 heterocycles. The van der Waals surface area contributed by atoms with Crippen molar-refractivity contribution < 1.29 is 14.8 Å². The number of nitro benzene ring substituents is 1. The van der Waals surface area contributed by atoms with Crippen LogP contribution in [0.25, 0.3) is 0 Å². The van der Waals surface area contributed by atoms with Gasteiger partial charge < -0.3 is 10.4 Å². The maximum absolute atomic E-state index is 11.8. The summed E-state index contributed by atoms with van der Waals surface area (Å²) in [5.74, 6) is -0.516. The van der Waals surface area contributed by atoms with Crippen molar-refractivity contribution >= 4 is 23.2 Å². The molecule has 1 rings (SSSR count). The van der Waals surface area contributed by atoms with E-state index in [-0.39, 0.29) is 22.9 Å². The summed E-state index contributed by atoms with van der Waals surface area (Å²) in [5, 5.41) is 22.3. The van der Waals surface area contributed by atoms with E-state index in [4.69, 9.17) is 16.7 Å². The zero-order valence-corrected chi connectivity index (χ0v) is 11.0. The number of hydrogen-bond acceptors (Lipinski definition) is 4. The van der Waals surface area contributed by atoms with Gasteiger partial charge in [-0.1, -0.05) is 11.6 Å². The van der Waals surface area contributed by atoms with Crippen LogP contribution < -0.4 is 5.32 Å². The van der Waals surface area contributed by atoms with Crippen molar-refractivity contribution in [2.75, 3.05) is 13.2 Å². The summed E-state index contributed by atoms with van der Waals surface area (Å²) in [6, 6.07) is 3.86. The number of nitrogens with zero attached hydrogens (tertiary/aromatic N) is 1. The molecule has 1 aromatic rings. The van der Waals surface area contributed by atoms with Crippen molar-refractivity contribution in [1.29, 1.82) is 0 Å². The number of unbranched alkanes of at least 4 members (excludes halogenated alkanes) is 2. The smallest absolute Gasteiger partial charge is 0.282 e. The van der Waals surface area contributed by atoms with E-state index < -0.39 is 10.8 Å². The SMILES string of the molecule is O=C(NCCCCCO)c1cc(Cl)ccc1[N+](=O)[O-]. The van der Waals surface area contributed by atoms with Gasteiger partial charge >= 0.3 is 0 Å². The van der Waals surface area contributed by atoms with Gasteiger partial charge in [-0.05, 0) is 31.4 Å². The van der Waals surface area contributed by atoms with Crippen LogP contribution in [0.4, 0.5) is 5.69 Å². The quantitative estimate of drug-likeness (QED) is 0.456. The van der Waals surface area contributed by atoms with Gasteiger partial charge in [0.25, 0.3) is 11.6 Å².